The van der Waals surface area contributed by atoms with Gasteiger partial charge in [0.1, 0.15) is 22.7 Å². The Kier molecular flexibility index (Phi) is 4.97. The minimum atomic E-state index is -0.284. The van der Waals surface area contributed by atoms with E-state index >= 15 is 0 Å². The number of pyridine rings is 1. The molecule has 0 unspecified atom stereocenters. The summed E-state index contributed by atoms with van der Waals surface area (Å²) in [5.41, 5.74) is 3.25. The molecule has 0 bridgehead atoms. The van der Waals surface area contributed by atoms with E-state index in [9.17, 15) is 4.79 Å². The van der Waals surface area contributed by atoms with Crippen molar-refractivity contribution in [2.45, 2.75) is 0 Å². The second-order valence-corrected chi connectivity index (χ2v) is 6.77. The van der Waals surface area contributed by atoms with Crippen molar-refractivity contribution in [2.75, 3.05) is 12.4 Å². The molecule has 0 aliphatic carbocycles. The molecule has 3 aromatic heterocycles. The standard InChI is InChI=1S/C23H17N5O4/c1-24-22(29)19-10-17(8-9-26-19)31-16-6-7-18-20(11-16)32-23(28-18)14-2-4-15(5-3-14)27-21-12-25-13-30-21/h2-13,27H,1H3,(H,24,29). The zero-order valence-corrected chi connectivity index (χ0v) is 16.9. The van der Waals surface area contributed by atoms with Gasteiger partial charge in [-0.2, -0.15) is 0 Å². The van der Waals surface area contributed by atoms with Crippen LogP contribution in [0.15, 0.2) is 82.2 Å². The molecule has 5 aromatic rings. The van der Waals surface area contributed by atoms with Gasteiger partial charge in [-0.05, 0) is 42.5 Å². The van der Waals surface area contributed by atoms with E-state index in [-0.39, 0.29) is 11.6 Å². The van der Waals surface area contributed by atoms with Crippen LogP contribution >= 0.6 is 0 Å². The minimum Gasteiger partial charge on any atom is -0.457 e. The second-order valence-electron chi connectivity index (χ2n) is 6.77. The van der Waals surface area contributed by atoms with Gasteiger partial charge in [-0.1, -0.05) is 0 Å². The number of benzene rings is 2. The first kappa shape index (κ1) is 19.3. The number of carbonyl (C=O) groups is 1. The number of rotatable bonds is 6. The molecule has 0 saturated carbocycles. The molecule has 5 rings (SSSR count). The summed E-state index contributed by atoms with van der Waals surface area (Å²) in [7, 11) is 1.55. The van der Waals surface area contributed by atoms with E-state index in [1.807, 2.05) is 30.3 Å². The van der Waals surface area contributed by atoms with E-state index in [1.165, 1.54) is 12.6 Å². The number of carbonyl (C=O) groups excluding carboxylic acids is 1. The van der Waals surface area contributed by atoms with Crippen molar-refractivity contribution < 1.29 is 18.4 Å². The molecule has 0 atom stereocenters. The van der Waals surface area contributed by atoms with Crippen molar-refractivity contribution in [1.29, 1.82) is 0 Å². The highest BCUT2D eigenvalue weighted by Gasteiger charge is 2.11. The van der Waals surface area contributed by atoms with Crippen LogP contribution in [0.5, 0.6) is 11.5 Å². The maximum atomic E-state index is 11.8. The van der Waals surface area contributed by atoms with E-state index in [2.05, 4.69) is 25.6 Å². The van der Waals surface area contributed by atoms with Crippen LogP contribution in [0, 0.1) is 0 Å². The lowest BCUT2D eigenvalue weighted by molar-refractivity contribution is 0.0958. The summed E-state index contributed by atoms with van der Waals surface area (Å²) in [4.78, 5) is 24.2. The van der Waals surface area contributed by atoms with Gasteiger partial charge in [0.15, 0.2) is 12.0 Å². The summed E-state index contributed by atoms with van der Waals surface area (Å²) in [5, 5.41) is 5.65. The highest BCUT2D eigenvalue weighted by atomic mass is 16.5. The highest BCUT2D eigenvalue weighted by molar-refractivity contribution is 5.92. The van der Waals surface area contributed by atoms with Gasteiger partial charge in [-0.3, -0.25) is 9.78 Å². The summed E-state index contributed by atoms with van der Waals surface area (Å²) in [5.74, 6) is 1.82. The Balaban J connectivity index is 1.35. The molecule has 2 N–H and O–H groups in total. The van der Waals surface area contributed by atoms with Crippen molar-refractivity contribution in [3.05, 3.63) is 79.1 Å². The van der Waals surface area contributed by atoms with Gasteiger partial charge in [0.25, 0.3) is 5.91 Å². The van der Waals surface area contributed by atoms with Gasteiger partial charge in [0.05, 0.1) is 6.20 Å². The second kappa shape index (κ2) is 8.23. The van der Waals surface area contributed by atoms with Crippen LogP contribution in [0.2, 0.25) is 0 Å². The molecular weight excluding hydrogens is 410 g/mol. The molecule has 0 fully saturated rings. The van der Waals surface area contributed by atoms with Gasteiger partial charge in [0, 0.05) is 36.6 Å². The predicted molar refractivity (Wildman–Crippen MR) is 117 cm³/mol. The summed E-state index contributed by atoms with van der Waals surface area (Å²) >= 11 is 0. The van der Waals surface area contributed by atoms with Crippen molar-refractivity contribution in [1.82, 2.24) is 20.3 Å². The summed E-state index contributed by atoms with van der Waals surface area (Å²) < 4.78 is 17.0. The fourth-order valence-electron chi connectivity index (χ4n) is 3.07. The number of anilines is 2. The van der Waals surface area contributed by atoms with Crippen LogP contribution in [0.1, 0.15) is 10.5 Å². The number of ether oxygens (including phenoxy) is 1. The third-order valence-corrected chi connectivity index (χ3v) is 4.62. The molecular formula is C23H17N5O4. The number of nitrogens with zero attached hydrogens (tertiary/aromatic N) is 3. The van der Waals surface area contributed by atoms with Crippen LogP contribution in [0.3, 0.4) is 0 Å². The molecule has 3 heterocycles. The fraction of sp³-hybridized carbons (Fsp3) is 0.0435. The van der Waals surface area contributed by atoms with Crippen LogP contribution in [-0.2, 0) is 0 Å². The monoisotopic (exact) mass is 427 g/mol. The first-order valence-electron chi connectivity index (χ1n) is 9.70. The quantitative estimate of drug-likeness (QED) is 0.398. The van der Waals surface area contributed by atoms with Gasteiger partial charge in [0.2, 0.25) is 11.8 Å². The lowest BCUT2D eigenvalue weighted by Crippen LogP contribution is -2.18. The van der Waals surface area contributed by atoms with Gasteiger partial charge >= 0.3 is 0 Å². The van der Waals surface area contributed by atoms with Crippen LogP contribution in [0.4, 0.5) is 11.6 Å². The molecule has 0 aliphatic heterocycles. The van der Waals surface area contributed by atoms with Crippen LogP contribution in [0.25, 0.3) is 22.6 Å². The Bertz CT molecular complexity index is 1380. The maximum Gasteiger partial charge on any atom is 0.269 e. The lowest BCUT2D eigenvalue weighted by Gasteiger charge is -2.06. The first-order chi connectivity index (χ1) is 15.7. The average molecular weight is 427 g/mol. The third kappa shape index (κ3) is 3.99. The van der Waals surface area contributed by atoms with Gasteiger partial charge in [-0.25, -0.2) is 9.97 Å². The smallest absolute Gasteiger partial charge is 0.269 e. The maximum absolute atomic E-state index is 11.8. The number of hydrogen-bond donors (Lipinski definition) is 2. The van der Waals surface area contributed by atoms with Gasteiger partial charge in [-0.15, -0.1) is 0 Å². The Morgan fingerprint density at radius 1 is 1.03 bits per heavy atom. The molecule has 0 spiro atoms. The number of hydrogen-bond acceptors (Lipinski definition) is 8. The normalized spacial score (nSPS) is 10.8. The van der Waals surface area contributed by atoms with E-state index in [0.29, 0.717) is 34.4 Å². The topological polar surface area (TPSA) is 115 Å². The Morgan fingerprint density at radius 2 is 1.88 bits per heavy atom. The zero-order valence-electron chi connectivity index (χ0n) is 16.9. The Morgan fingerprint density at radius 3 is 2.66 bits per heavy atom. The number of aromatic nitrogens is 3. The number of oxazole rings is 2. The summed E-state index contributed by atoms with van der Waals surface area (Å²) in [6.45, 7) is 0. The zero-order chi connectivity index (χ0) is 21.9. The van der Waals surface area contributed by atoms with E-state index < -0.39 is 0 Å². The molecule has 0 radical (unpaired) electrons. The molecule has 32 heavy (non-hydrogen) atoms. The van der Waals surface area contributed by atoms with Crippen molar-refractivity contribution in [3.63, 3.8) is 0 Å². The van der Waals surface area contributed by atoms with Crippen molar-refractivity contribution in [2.24, 2.45) is 0 Å². The molecule has 1 amide bonds. The minimum absolute atomic E-state index is 0.272. The molecule has 158 valence electrons. The summed E-state index contributed by atoms with van der Waals surface area (Å²) in [6.07, 6.45) is 4.48. The third-order valence-electron chi connectivity index (χ3n) is 4.62. The average Bonchev–Trinajstić information content (AvgIpc) is 3.49. The molecule has 0 saturated heterocycles. The molecule has 0 aliphatic rings. The molecule has 9 nitrogen and oxygen atoms in total. The SMILES string of the molecule is CNC(=O)c1cc(Oc2ccc3nc(-c4ccc(Nc5cnco5)cc4)oc3c2)ccn1. The summed E-state index contributed by atoms with van der Waals surface area (Å²) in [6, 6.07) is 16.2. The first-order valence-corrected chi connectivity index (χ1v) is 9.70. The van der Waals surface area contributed by atoms with Crippen LogP contribution < -0.4 is 15.4 Å². The number of fused-ring (bicyclic) bond motifs is 1. The Labute approximate surface area is 182 Å². The van der Waals surface area contributed by atoms with Crippen molar-refractivity contribution >= 4 is 28.6 Å². The number of amides is 1. The largest absolute Gasteiger partial charge is 0.457 e. The van der Waals surface area contributed by atoms with Crippen molar-refractivity contribution in [3.8, 4) is 23.0 Å². The van der Waals surface area contributed by atoms with E-state index in [4.69, 9.17) is 13.6 Å². The lowest BCUT2D eigenvalue weighted by atomic mass is 10.2. The highest BCUT2D eigenvalue weighted by Crippen LogP contribution is 2.30. The van der Waals surface area contributed by atoms with Gasteiger partial charge < -0.3 is 24.2 Å². The Hall–Kier alpha value is -4.66. The number of nitrogens with one attached hydrogen (secondary N) is 2. The fourth-order valence-corrected chi connectivity index (χ4v) is 3.07. The molecule has 2 aromatic carbocycles. The van der Waals surface area contributed by atoms with Crippen LogP contribution in [-0.4, -0.2) is 27.9 Å². The van der Waals surface area contributed by atoms with E-state index in [0.717, 1.165) is 11.3 Å². The predicted octanol–water partition coefficient (Wildman–Crippen LogP) is 4.77. The van der Waals surface area contributed by atoms with E-state index in [1.54, 1.807) is 37.5 Å². The molecule has 9 heteroatoms.